The molecular weight excluding hydrogens is 206 g/mol. The smallest absolute Gasteiger partial charge is 0.00683 e. The van der Waals surface area contributed by atoms with E-state index in [1.807, 2.05) is 0 Å². The van der Waals surface area contributed by atoms with Gasteiger partial charge in [-0.1, -0.05) is 41.5 Å². The second kappa shape index (κ2) is 6.02. The molecule has 0 atom stereocenters. The molecule has 0 heterocycles. The average Bonchev–Trinajstić information content (AvgIpc) is 3.05. The van der Waals surface area contributed by atoms with Gasteiger partial charge in [0.05, 0.1) is 0 Å². The summed E-state index contributed by atoms with van der Waals surface area (Å²) in [6.45, 7) is 5.47. The Balaban J connectivity index is 1.70. The van der Waals surface area contributed by atoms with Gasteiger partial charge in [-0.25, -0.2) is 0 Å². The van der Waals surface area contributed by atoms with Gasteiger partial charge in [0, 0.05) is 6.04 Å². The van der Waals surface area contributed by atoms with Crippen molar-refractivity contribution in [2.75, 3.05) is 6.54 Å². The van der Waals surface area contributed by atoms with Crippen molar-refractivity contribution in [3.8, 4) is 0 Å². The third-order valence-corrected chi connectivity index (χ3v) is 3.12. The molecule has 0 saturated heterocycles. The van der Waals surface area contributed by atoms with Gasteiger partial charge in [-0.05, 0) is 51.6 Å². The zero-order chi connectivity index (χ0) is 12.1. The monoisotopic (exact) mass is 229 g/mol. The highest BCUT2D eigenvalue weighted by Gasteiger charge is 2.19. The molecule has 0 aromatic heterocycles. The lowest BCUT2D eigenvalue weighted by Gasteiger charge is -2.02. The van der Waals surface area contributed by atoms with Crippen molar-refractivity contribution in [1.82, 2.24) is 5.32 Å². The van der Waals surface area contributed by atoms with Crippen LogP contribution in [0.25, 0.3) is 0 Å². The van der Waals surface area contributed by atoms with Crippen molar-refractivity contribution in [2.24, 2.45) is 0 Å². The van der Waals surface area contributed by atoms with E-state index in [4.69, 9.17) is 0 Å². The van der Waals surface area contributed by atoms with E-state index in [0.29, 0.717) is 0 Å². The van der Waals surface area contributed by atoms with Crippen molar-refractivity contribution < 1.29 is 0 Å². The van der Waals surface area contributed by atoms with E-state index in [1.165, 1.54) is 29.5 Å². The maximum absolute atomic E-state index is 3.52. The molecule has 1 fully saturated rings. The largest absolute Gasteiger partial charge is 0.314 e. The van der Waals surface area contributed by atoms with Crippen LogP contribution in [0.4, 0.5) is 0 Å². The minimum Gasteiger partial charge on any atom is -0.314 e. The Bertz CT molecular complexity index is 368. The van der Waals surface area contributed by atoms with Crippen molar-refractivity contribution in [3.63, 3.8) is 0 Å². The first-order chi connectivity index (χ1) is 8.24. The first kappa shape index (κ1) is 12.4. The minimum atomic E-state index is 0.836. The zero-order valence-corrected chi connectivity index (χ0v) is 11.0. The SMILES string of the molecule is Cc1cc(C)cc(CC=CCCNC2CC2)c1. The van der Waals surface area contributed by atoms with Crippen LogP contribution >= 0.6 is 0 Å². The van der Waals surface area contributed by atoms with Crippen molar-refractivity contribution in [3.05, 3.63) is 47.0 Å². The maximum Gasteiger partial charge on any atom is 0.00683 e. The highest BCUT2D eigenvalue weighted by Crippen LogP contribution is 2.18. The Morgan fingerprint density at radius 3 is 2.47 bits per heavy atom. The number of aryl methyl sites for hydroxylation is 2. The molecule has 1 N–H and O–H groups in total. The molecule has 1 nitrogen and oxygen atoms in total. The predicted molar refractivity (Wildman–Crippen MR) is 74.4 cm³/mol. The van der Waals surface area contributed by atoms with Crippen LogP contribution in [0.5, 0.6) is 0 Å². The van der Waals surface area contributed by atoms with Crippen molar-refractivity contribution in [2.45, 2.75) is 45.6 Å². The van der Waals surface area contributed by atoms with Gasteiger partial charge < -0.3 is 5.32 Å². The quantitative estimate of drug-likeness (QED) is 0.581. The number of allylic oxidation sites excluding steroid dienone is 1. The highest BCUT2D eigenvalue weighted by atomic mass is 14.9. The fourth-order valence-corrected chi connectivity index (χ4v) is 2.18. The molecular formula is C16H23N. The van der Waals surface area contributed by atoms with Crippen molar-refractivity contribution >= 4 is 0 Å². The first-order valence-electron chi connectivity index (χ1n) is 6.69. The molecule has 0 spiro atoms. The van der Waals surface area contributed by atoms with Gasteiger partial charge in [-0.2, -0.15) is 0 Å². The van der Waals surface area contributed by atoms with Crippen LogP contribution in [-0.2, 0) is 6.42 Å². The summed E-state index contributed by atoms with van der Waals surface area (Å²) >= 11 is 0. The summed E-state index contributed by atoms with van der Waals surface area (Å²) in [5.41, 5.74) is 4.15. The fraction of sp³-hybridized carbons (Fsp3) is 0.500. The Kier molecular flexibility index (Phi) is 4.38. The average molecular weight is 229 g/mol. The number of hydrogen-bond donors (Lipinski definition) is 1. The molecule has 0 amide bonds. The summed E-state index contributed by atoms with van der Waals surface area (Å²) < 4.78 is 0. The summed E-state index contributed by atoms with van der Waals surface area (Å²) in [4.78, 5) is 0. The summed E-state index contributed by atoms with van der Waals surface area (Å²) in [7, 11) is 0. The predicted octanol–water partition coefficient (Wildman–Crippen LogP) is 3.54. The molecule has 0 radical (unpaired) electrons. The molecule has 1 saturated carbocycles. The van der Waals surface area contributed by atoms with Crippen LogP contribution in [0.2, 0.25) is 0 Å². The van der Waals surface area contributed by atoms with E-state index in [-0.39, 0.29) is 0 Å². The molecule has 1 aromatic rings. The Morgan fingerprint density at radius 1 is 1.12 bits per heavy atom. The fourth-order valence-electron chi connectivity index (χ4n) is 2.18. The lowest BCUT2D eigenvalue weighted by molar-refractivity contribution is 0.690. The molecule has 1 aliphatic carbocycles. The van der Waals surface area contributed by atoms with Gasteiger partial charge in [-0.3, -0.25) is 0 Å². The maximum atomic E-state index is 3.52. The van der Waals surface area contributed by atoms with Crippen LogP contribution in [0, 0.1) is 13.8 Å². The molecule has 1 aliphatic rings. The summed E-state index contributed by atoms with van der Waals surface area (Å²) in [5.74, 6) is 0. The van der Waals surface area contributed by atoms with Gasteiger partial charge in [0.1, 0.15) is 0 Å². The Morgan fingerprint density at radius 2 is 1.82 bits per heavy atom. The molecule has 17 heavy (non-hydrogen) atoms. The van der Waals surface area contributed by atoms with Gasteiger partial charge in [0.15, 0.2) is 0 Å². The third kappa shape index (κ3) is 4.74. The molecule has 0 aliphatic heterocycles. The van der Waals surface area contributed by atoms with E-state index in [0.717, 1.165) is 25.4 Å². The van der Waals surface area contributed by atoms with E-state index >= 15 is 0 Å². The lowest BCUT2D eigenvalue weighted by atomic mass is 10.0. The molecule has 0 bridgehead atoms. The molecule has 0 unspecified atom stereocenters. The number of rotatable bonds is 6. The van der Waals surface area contributed by atoms with Gasteiger partial charge in [0.25, 0.3) is 0 Å². The molecule has 92 valence electrons. The van der Waals surface area contributed by atoms with E-state index in [2.05, 4.69) is 49.5 Å². The Hall–Kier alpha value is -1.08. The standard InChI is InChI=1S/C16H23N/c1-13-10-14(2)12-15(11-13)6-4-3-5-9-17-16-7-8-16/h3-4,10-12,16-17H,5-9H2,1-2H3. The first-order valence-corrected chi connectivity index (χ1v) is 6.69. The van der Waals surface area contributed by atoms with Crippen LogP contribution in [0.1, 0.15) is 36.0 Å². The van der Waals surface area contributed by atoms with Crippen LogP contribution in [0.3, 0.4) is 0 Å². The molecule has 1 heteroatoms. The summed E-state index contributed by atoms with van der Waals surface area (Å²) in [6.07, 6.45) is 9.57. The number of nitrogens with one attached hydrogen (secondary N) is 1. The van der Waals surface area contributed by atoms with Crippen LogP contribution in [-0.4, -0.2) is 12.6 Å². The van der Waals surface area contributed by atoms with Gasteiger partial charge >= 0.3 is 0 Å². The van der Waals surface area contributed by atoms with Crippen molar-refractivity contribution in [1.29, 1.82) is 0 Å². The van der Waals surface area contributed by atoms with E-state index < -0.39 is 0 Å². The van der Waals surface area contributed by atoms with Crippen LogP contribution < -0.4 is 5.32 Å². The lowest BCUT2D eigenvalue weighted by Crippen LogP contribution is -2.16. The third-order valence-electron chi connectivity index (χ3n) is 3.12. The van der Waals surface area contributed by atoms with E-state index in [9.17, 15) is 0 Å². The number of hydrogen-bond acceptors (Lipinski definition) is 1. The van der Waals surface area contributed by atoms with E-state index in [1.54, 1.807) is 0 Å². The topological polar surface area (TPSA) is 12.0 Å². The zero-order valence-electron chi connectivity index (χ0n) is 11.0. The Labute approximate surface area is 105 Å². The summed E-state index contributed by atoms with van der Waals surface area (Å²) in [6, 6.07) is 7.62. The van der Waals surface area contributed by atoms with Gasteiger partial charge in [0.2, 0.25) is 0 Å². The summed E-state index contributed by atoms with van der Waals surface area (Å²) in [5, 5.41) is 3.52. The minimum absolute atomic E-state index is 0.836. The van der Waals surface area contributed by atoms with Crippen LogP contribution in [0.15, 0.2) is 30.4 Å². The van der Waals surface area contributed by atoms with Gasteiger partial charge in [-0.15, -0.1) is 0 Å². The number of benzene rings is 1. The normalized spacial score (nSPS) is 15.6. The second-order valence-electron chi connectivity index (χ2n) is 5.19. The highest BCUT2D eigenvalue weighted by molar-refractivity contribution is 5.29. The molecule has 2 rings (SSSR count). The second-order valence-corrected chi connectivity index (χ2v) is 5.19. The molecule has 1 aromatic carbocycles.